The van der Waals surface area contributed by atoms with Gasteiger partial charge in [0.15, 0.2) is 0 Å². The number of hydrogen-bond donors (Lipinski definition) is 0. The van der Waals surface area contributed by atoms with Crippen LogP contribution in [-0.4, -0.2) is 46.3 Å². The van der Waals surface area contributed by atoms with Gasteiger partial charge in [0.1, 0.15) is 11.3 Å². The Labute approximate surface area is 201 Å². The Morgan fingerprint density at radius 3 is 2.54 bits per heavy atom. The Morgan fingerprint density at radius 1 is 1.26 bits per heavy atom. The lowest BCUT2D eigenvalue weighted by atomic mass is 9.86. The number of esters is 1. The van der Waals surface area contributed by atoms with Crippen LogP contribution < -0.4 is 0 Å². The molecular weight excluding hydrogens is 463 g/mol. The standard InChI is InChI=1S/C25H30F3N3O4/c1-4-34-22(32)21-19(25(26,27)28)18-17(35-21)11-14(2)16-13-31(29-20(16)18)12-15-5-9-30(10-6-15)23(33)24(3)7-8-24/h13-15H,4-12H2,1-3H3/t14-/m1/s1. The van der Waals surface area contributed by atoms with Crippen molar-refractivity contribution in [3.63, 3.8) is 0 Å². The van der Waals surface area contributed by atoms with E-state index in [-0.39, 0.29) is 53.2 Å². The molecule has 10 heteroatoms. The van der Waals surface area contributed by atoms with E-state index in [1.165, 1.54) is 6.92 Å². The predicted molar refractivity (Wildman–Crippen MR) is 120 cm³/mol. The molecule has 2 aromatic heterocycles. The van der Waals surface area contributed by atoms with Crippen molar-refractivity contribution < 1.29 is 31.9 Å². The lowest BCUT2D eigenvalue weighted by molar-refractivity contribution is -0.138. The van der Waals surface area contributed by atoms with Gasteiger partial charge in [-0.15, -0.1) is 0 Å². The zero-order valence-corrected chi connectivity index (χ0v) is 20.2. The molecule has 1 saturated heterocycles. The molecule has 1 amide bonds. The van der Waals surface area contributed by atoms with Crippen LogP contribution in [0.5, 0.6) is 0 Å². The fraction of sp³-hybridized carbons (Fsp3) is 0.640. The predicted octanol–water partition coefficient (Wildman–Crippen LogP) is 5.04. The maximum Gasteiger partial charge on any atom is 0.421 e. The van der Waals surface area contributed by atoms with Crippen molar-refractivity contribution >= 4 is 11.9 Å². The number of carbonyl (C=O) groups excluding carboxylic acids is 2. The van der Waals surface area contributed by atoms with E-state index in [9.17, 15) is 22.8 Å². The number of aromatic nitrogens is 2. The molecule has 35 heavy (non-hydrogen) atoms. The molecule has 7 nitrogen and oxygen atoms in total. The van der Waals surface area contributed by atoms with Crippen molar-refractivity contribution in [2.75, 3.05) is 19.7 Å². The minimum atomic E-state index is -4.79. The summed E-state index contributed by atoms with van der Waals surface area (Å²) >= 11 is 0. The molecule has 190 valence electrons. The molecular formula is C25H30F3N3O4. The van der Waals surface area contributed by atoms with Crippen LogP contribution in [0.2, 0.25) is 0 Å². The number of fused-ring (bicyclic) bond motifs is 3. The maximum absolute atomic E-state index is 14.1. The lowest BCUT2D eigenvalue weighted by Crippen LogP contribution is -2.42. The first-order valence-corrected chi connectivity index (χ1v) is 12.3. The van der Waals surface area contributed by atoms with Gasteiger partial charge in [-0.3, -0.25) is 9.48 Å². The van der Waals surface area contributed by atoms with Crippen molar-refractivity contribution in [1.29, 1.82) is 0 Å². The average molecular weight is 494 g/mol. The summed E-state index contributed by atoms with van der Waals surface area (Å²) in [6.45, 7) is 7.37. The Balaban J connectivity index is 1.39. The molecule has 1 saturated carbocycles. The zero-order valence-electron chi connectivity index (χ0n) is 20.2. The number of furan rings is 1. The maximum atomic E-state index is 14.1. The van der Waals surface area contributed by atoms with Gasteiger partial charge in [-0.2, -0.15) is 18.3 Å². The fourth-order valence-electron chi connectivity index (χ4n) is 5.32. The normalized spacial score (nSPS) is 21.4. The highest BCUT2D eigenvalue weighted by molar-refractivity contribution is 5.92. The van der Waals surface area contributed by atoms with Crippen LogP contribution in [0.25, 0.3) is 11.3 Å². The van der Waals surface area contributed by atoms with Gasteiger partial charge in [0.2, 0.25) is 11.7 Å². The second-order valence-electron chi connectivity index (χ2n) is 10.4. The van der Waals surface area contributed by atoms with Gasteiger partial charge in [0.05, 0.1) is 17.9 Å². The monoisotopic (exact) mass is 493 g/mol. The molecule has 2 fully saturated rings. The molecule has 3 aliphatic rings. The Hall–Kier alpha value is -2.78. The number of piperidine rings is 1. The first kappa shape index (κ1) is 23.9. The number of hydrogen-bond acceptors (Lipinski definition) is 5. The third-order valence-electron chi connectivity index (χ3n) is 7.64. The number of nitrogens with zero attached hydrogens (tertiary/aromatic N) is 3. The highest BCUT2D eigenvalue weighted by atomic mass is 19.4. The first-order chi connectivity index (χ1) is 16.5. The van der Waals surface area contributed by atoms with Crippen molar-refractivity contribution in [2.24, 2.45) is 11.3 Å². The van der Waals surface area contributed by atoms with Gasteiger partial charge in [-0.25, -0.2) is 4.79 Å². The van der Waals surface area contributed by atoms with Gasteiger partial charge in [-0.05, 0) is 44.4 Å². The van der Waals surface area contributed by atoms with Gasteiger partial charge < -0.3 is 14.1 Å². The smallest absolute Gasteiger partial charge is 0.421 e. The van der Waals surface area contributed by atoms with E-state index in [2.05, 4.69) is 5.10 Å². The van der Waals surface area contributed by atoms with Crippen LogP contribution in [0.4, 0.5) is 13.2 Å². The lowest BCUT2D eigenvalue weighted by Gasteiger charge is -2.33. The van der Waals surface area contributed by atoms with Crippen molar-refractivity contribution in [1.82, 2.24) is 14.7 Å². The molecule has 1 aliphatic heterocycles. The van der Waals surface area contributed by atoms with E-state index in [1.54, 1.807) is 4.68 Å². The minimum Gasteiger partial charge on any atom is -0.460 e. The molecule has 5 rings (SSSR count). The molecule has 0 unspecified atom stereocenters. The SMILES string of the molecule is CCOC(=O)c1oc2c(c1C(F)(F)F)-c1nn(CC3CCN(C(=O)C4(C)CC4)CC3)cc1[C@H](C)C2. The summed E-state index contributed by atoms with van der Waals surface area (Å²) in [4.78, 5) is 26.8. The average Bonchev–Trinajstić information content (AvgIpc) is 3.23. The van der Waals surface area contributed by atoms with E-state index in [4.69, 9.17) is 9.15 Å². The van der Waals surface area contributed by atoms with Crippen LogP contribution in [0.3, 0.4) is 0 Å². The van der Waals surface area contributed by atoms with Gasteiger partial charge >= 0.3 is 12.1 Å². The summed E-state index contributed by atoms with van der Waals surface area (Å²) in [5.41, 5.74) is -0.492. The summed E-state index contributed by atoms with van der Waals surface area (Å²) in [5, 5.41) is 4.56. The highest BCUT2D eigenvalue weighted by Gasteiger charge is 2.48. The fourth-order valence-corrected chi connectivity index (χ4v) is 5.32. The molecule has 0 bridgehead atoms. The van der Waals surface area contributed by atoms with E-state index in [0.29, 0.717) is 25.2 Å². The number of amides is 1. The molecule has 0 spiro atoms. The molecule has 2 aliphatic carbocycles. The quantitative estimate of drug-likeness (QED) is 0.546. The van der Waals surface area contributed by atoms with Crippen LogP contribution >= 0.6 is 0 Å². The summed E-state index contributed by atoms with van der Waals surface area (Å²) in [5.74, 6) is -1.39. The van der Waals surface area contributed by atoms with Crippen LogP contribution in [-0.2, 0) is 28.7 Å². The second kappa shape index (κ2) is 8.41. The highest BCUT2D eigenvalue weighted by Crippen LogP contribution is 2.49. The van der Waals surface area contributed by atoms with Crippen LogP contribution in [0.1, 0.15) is 79.8 Å². The van der Waals surface area contributed by atoms with Gasteiger partial charge in [-0.1, -0.05) is 13.8 Å². The van der Waals surface area contributed by atoms with Crippen LogP contribution in [0, 0.1) is 11.3 Å². The van der Waals surface area contributed by atoms with E-state index < -0.39 is 23.5 Å². The molecule has 1 atom stereocenters. The number of ether oxygens (including phenoxy) is 1. The zero-order chi connectivity index (χ0) is 25.1. The Morgan fingerprint density at radius 2 is 1.94 bits per heavy atom. The number of halogens is 3. The molecule has 0 radical (unpaired) electrons. The summed E-state index contributed by atoms with van der Waals surface area (Å²) in [6, 6.07) is 0. The molecule has 2 aromatic rings. The minimum absolute atomic E-state index is 0.0541. The first-order valence-electron chi connectivity index (χ1n) is 12.3. The molecule has 0 N–H and O–H groups in total. The second-order valence-corrected chi connectivity index (χ2v) is 10.4. The van der Waals surface area contributed by atoms with E-state index in [1.807, 2.05) is 24.9 Å². The van der Waals surface area contributed by atoms with Gasteiger partial charge in [0.25, 0.3) is 0 Å². The van der Waals surface area contributed by atoms with E-state index in [0.717, 1.165) is 25.7 Å². The topological polar surface area (TPSA) is 77.6 Å². The van der Waals surface area contributed by atoms with Gasteiger partial charge in [0, 0.05) is 43.2 Å². The van der Waals surface area contributed by atoms with Crippen LogP contribution in [0.15, 0.2) is 10.6 Å². The van der Waals surface area contributed by atoms with Crippen molar-refractivity contribution in [3.05, 3.63) is 28.8 Å². The Kier molecular flexibility index (Phi) is 5.75. The number of rotatable bonds is 5. The van der Waals surface area contributed by atoms with Crippen molar-refractivity contribution in [3.8, 4) is 11.3 Å². The summed E-state index contributed by atoms with van der Waals surface area (Å²) < 4.78 is 54.3. The number of carbonyl (C=O) groups is 2. The molecule has 3 heterocycles. The Bertz CT molecular complexity index is 1150. The summed E-state index contributed by atoms with van der Waals surface area (Å²) in [6.07, 6.45) is 0.851. The number of likely N-dealkylation sites (tertiary alicyclic amines) is 1. The molecule has 0 aromatic carbocycles. The van der Waals surface area contributed by atoms with E-state index >= 15 is 0 Å². The third-order valence-corrected chi connectivity index (χ3v) is 7.64. The summed E-state index contributed by atoms with van der Waals surface area (Å²) in [7, 11) is 0. The van der Waals surface area contributed by atoms with Crippen molar-refractivity contribution in [2.45, 2.75) is 71.5 Å². The third kappa shape index (κ3) is 4.25. The number of alkyl halides is 3. The largest absolute Gasteiger partial charge is 0.460 e.